The minimum atomic E-state index is 0.153. The highest BCUT2D eigenvalue weighted by molar-refractivity contribution is 5.95. The first-order valence-electron chi connectivity index (χ1n) is 7.41. The quantitative estimate of drug-likeness (QED) is 0.853. The topological polar surface area (TPSA) is 38.3 Å². The molecule has 0 aromatic heterocycles. The Balaban J connectivity index is 1.65. The third-order valence-electron chi connectivity index (χ3n) is 4.39. The zero-order chi connectivity index (χ0) is 13.9. The van der Waals surface area contributed by atoms with Crippen LogP contribution in [0.1, 0.15) is 25.7 Å². The van der Waals surface area contributed by atoms with E-state index in [1.807, 2.05) is 24.3 Å². The number of hydrogen-bond acceptors (Lipinski definition) is 2. The van der Waals surface area contributed by atoms with E-state index in [1.54, 1.807) is 7.11 Å². The predicted octanol–water partition coefficient (Wildman–Crippen LogP) is 3.63. The molecule has 2 aliphatic rings. The van der Waals surface area contributed by atoms with E-state index in [4.69, 9.17) is 4.74 Å². The molecule has 0 spiro atoms. The molecule has 1 saturated carbocycles. The minimum Gasteiger partial charge on any atom is -0.497 e. The molecule has 1 aromatic rings. The molecule has 20 heavy (non-hydrogen) atoms. The molecule has 106 valence electrons. The van der Waals surface area contributed by atoms with Crippen molar-refractivity contribution in [1.29, 1.82) is 0 Å². The van der Waals surface area contributed by atoms with Gasteiger partial charge in [0.2, 0.25) is 5.91 Å². The van der Waals surface area contributed by atoms with E-state index in [9.17, 15) is 4.79 Å². The molecule has 3 rings (SSSR count). The number of allylic oxidation sites excluding steroid dienone is 2. The van der Waals surface area contributed by atoms with Gasteiger partial charge in [0.1, 0.15) is 5.75 Å². The third kappa shape index (κ3) is 2.72. The maximum atomic E-state index is 12.4. The molecule has 1 N–H and O–H groups in total. The van der Waals surface area contributed by atoms with Crippen LogP contribution in [0.2, 0.25) is 0 Å². The van der Waals surface area contributed by atoms with E-state index >= 15 is 0 Å². The zero-order valence-electron chi connectivity index (χ0n) is 11.8. The summed E-state index contributed by atoms with van der Waals surface area (Å²) in [5.41, 5.74) is 0.817. The fraction of sp³-hybridized carbons (Fsp3) is 0.471. The van der Waals surface area contributed by atoms with Gasteiger partial charge in [-0.1, -0.05) is 24.6 Å². The first-order valence-corrected chi connectivity index (χ1v) is 7.41. The number of anilines is 1. The van der Waals surface area contributed by atoms with Gasteiger partial charge in [0.05, 0.1) is 7.11 Å². The summed E-state index contributed by atoms with van der Waals surface area (Å²) in [5, 5.41) is 3.02. The molecule has 0 heterocycles. The number of amides is 1. The molecule has 3 atom stereocenters. The van der Waals surface area contributed by atoms with Crippen LogP contribution >= 0.6 is 0 Å². The maximum Gasteiger partial charge on any atom is 0.228 e. The van der Waals surface area contributed by atoms with Gasteiger partial charge in [-0.3, -0.25) is 4.79 Å². The second-order valence-corrected chi connectivity index (χ2v) is 5.70. The van der Waals surface area contributed by atoms with Crippen molar-refractivity contribution in [2.75, 3.05) is 12.4 Å². The third-order valence-corrected chi connectivity index (χ3v) is 4.39. The Morgan fingerprint density at radius 1 is 1.35 bits per heavy atom. The maximum absolute atomic E-state index is 12.4. The van der Waals surface area contributed by atoms with Gasteiger partial charge < -0.3 is 10.1 Å². The molecule has 2 aliphatic carbocycles. The van der Waals surface area contributed by atoms with Gasteiger partial charge in [-0.2, -0.15) is 0 Å². The first-order chi connectivity index (χ1) is 9.79. The van der Waals surface area contributed by atoms with Crippen LogP contribution in [-0.4, -0.2) is 13.0 Å². The van der Waals surface area contributed by atoms with Crippen LogP contribution in [0, 0.1) is 17.8 Å². The van der Waals surface area contributed by atoms with Crippen molar-refractivity contribution in [3.8, 4) is 5.75 Å². The molecule has 0 radical (unpaired) electrons. The smallest absolute Gasteiger partial charge is 0.228 e. The van der Waals surface area contributed by atoms with E-state index in [0.717, 1.165) is 17.9 Å². The van der Waals surface area contributed by atoms with Crippen molar-refractivity contribution >= 4 is 11.6 Å². The van der Waals surface area contributed by atoms with Gasteiger partial charge in [0.25, 0.3) is 0 Å². The van der Waals surface area contributed by atoms with Crippen LogP contribution in [-0.2, 0) is 4.79 Å². The molecule has 0 saturated heterocycles. The lowest BCUT2D eigenvalue weighted by molar-refractivity contribution is -0.117. The van der Waals surface area contributed by atoms with Crippen LogP contribution in [0.3, 0.4) is 0 Å². The average Bonchev–Trinajstić information content (AvgIpc) is 3.10. The van der Waals surface area contributed by atoms with Crippen molar-refractivity contribution < 1.29 is 9.53 Å². The van der Waals surface area contributed by atoms with E-state index < -0.39 is 0 Å². The number of hydrogen-bond donors (Lipinski definition) is 1. The van der Waals surface area contributed by atoms with Crippen molar-refractivity contribution in [1.82, 2.24) is 0 Å². The van der Waals surface area contributed by atoms with Gasteiger partial charge >= 0.3 is 0 Å². The van der Waals surface area contributed by atoms with Crippen molar-refractivity contribution in [2.45, 2.75) is 25.7 Å². The van der Waals surface area contributed by atoms with Crippen LogP contribution in [0.4, 0.5) is 5.69 Å². The Labute approximate surface area is 120 Å². The SMILES string of the molecule is COc1cccc(NC(=O)[C@H]2[C@H]3/C=C\CCCC[C@@H]32)c1. The van der Waals surface area contributed by atoms with Gasteiger partial charge in [-0.05, 0) is 43.2 Å². The Bertz CT molecular complexity index is 523. The van der Waals surface area contributed by atoms with Crippen LogP contribution in [0.15, 0.2) is 36.4 Å². The largest absolute Gasteiger partial charge is 0.497 e. The number of benzene rings is 1. The van der Waals surface area contributed by atoms with Crippen molar-refractivity contribution in [3.05, 3.63) is 36.4 Å². The lowest BCUT2D eigenvalue weighted by Gasteiger charge is -2.06. The summed E-state index contributed by atoms with van der Waals surface area (Å²) in [7, 11) is 1.63. The minimum absolute atomic E-state index is 0.153. The average molecular weight is 271 g/mol. The first kappa shape index (κ1) is 13.2. The molecular formula is C17H21NO2. The number of rotatable bonds is 3. The Kier molecular flexibility index (Phi) is 3.77. The lowest BCUT2D eigenvalue weighted by Crippen LogP contribution is -2.15. The van der Waals surface area contributed by atoms with E-state index in [2.05, 4.69) is 17.5 Å². The number of fused-ring (bicyclic) bond motifs is 1. The van der Waals surface area contributed by atoms with Gasteiger partial charge in [0.15, 0.2) is 0 Å². The van der Waals surface area contributed by atoms with Gasteiger partial charge in [-0.25, -0.2) is 0 Å². The molecule has 1 fully saturated rings. The monoisotopic (exact) mass is 271 g/mol. The van der Waals surface area contributed by atoms with E-state index in [-0.39, 0.29) is 11.8 Å². The standard InChI is InChI=1S/C17H21NO2/c1-20-13-8-6-7-12(11-13)18-17(19)16-14-9-4-2-3-5-10-15(14)16/h4,6-9,11,14-16H,2-3,5,10H2,1H3,(H,18,19)/b9-4-/t14-,15-,16-/m0/s1. The second-order valence-electron chi connectivity index (χ2n) is 5.70. The molecule has 3 nitrogen and oxygen atoms in total. The van der Waals surface area contributed by atoms with Gasteiger partial charge in [0, 0.05) is 17.7 Å². The fourth-order valence-corrected chi connectivity index (χ4v) is 3.23. The molecule has 0 aliphatic heterocycles. The van der Waals surface area contributed by atoms with Crippen LogP contribution in [0.25, 0.3) is 0 Å². The Hall–Kier alpha value is -1.77. The summed E-state index contributed by atoms with van der Waals surface area (Å²) in [6.07, 6.45) is 9.34. The van der Waals surface area contributed by atoms with Crippen molar-refractivity contribution in [2.24, 2.45) is 17.8 Å². The van der Waals surface area contributed by atoms with Gasteiger partial charge in [-0.15, -0.1) is 0 Å². The highest BCUT2D eigenvalue weighted by atomic mass is 16.5. The van der Waals surface area contributed by atoms with Crippen LogP contribution in [0.5, 0.6) is 5.75 Å². The highest BCUT2D eigenvalue weighted by Gasteiger charge is 2.52. The summed E-state index contributed by atoms with van der Waals surface area (Å²) >= 11 is 0. The summed E-state index contributed by atoms with van der Waals surface area (Å²) in [4.78, 5) is 12.4. The molecular weight excluding hydrogens is 250 g/mol. The van der Waals surface area contributed by atoms with Crippen LogP contribution < -0.4 is 10.1 Å². The molecule has 1 amide bonds. The molecule has 3 heteroatoms. The highest BCUT2D eigenvalue weighted by Crippen LogP contribution is 2.51. The predicted molar refractivity (Wildman–Crippen MR) is 79.7 cm³/mol. The number of ether oxygens (including phenoxy) is 1. The van der Waals surface area contributed by atoms with E-state index in [1.165, 1.54) is 19.3 Å². The Morgan fingerprint density at radius 2 is 2.25 bits per heavy atom. The number of methoxy groups -OCH3 is 1. The van der Waals surface area contributed by atoms with E-state index in [0.29, 0.717) is 11.8 Å². The summed E-state index contributed by atoms with van der Waals surface area (Å²) in [6.45, 7) is 0. The second kappa shape index (κ2) is 5.70. The summed E-state index contributed by atoms with van der Waals surface area (Å²) < 4.78 is 5.18. The molecule has 0 bridgehead atoms. The summed E-state index contributed by atoms with van der Waals surface area (Å²) in [5.74, 6) is 2.10. The fourth-order valence-electron chi connectivity index (χ4n) is 3.23. The normalized spacial score (nSPS) is 29.6. The number of carbonyl (C=O) groups excluding carboxylic acids is 1. The number of nitrogens with one attached hydrogen (secondary N) is 1. The lowest BCUT2D eigenvalue weighted by atomic mass is 10.1. The number of carbonyl (C=O) groups is 1. The zero-order valence-corrected chi connectivity index (χ0v) is 11.8. The summed E-state index contributed by atoms with van der Waals surface area (Å²) in [6, 6.07) is 7.53. The Morgan fingerprint density at radius 3 is 3.10 bits per heavy atom. The molecule has 0 unspecified atom stereocenters. The molecule has 1 aromatic carbocycles. The van der Waals surface area contributed by atoms with Crippen molar-refractivity contribution in [3.63, 3.8) is 0 Å².